The summed E-state index contributed by atoms with van der Waals surface area (Å²) >= 11 is 0. The Balaban J connectivity index is 0. The molecule has 0 aromatic heterocycles. The van der Waals surface area contributed by atoms with E-state index in [4.69, 9.17) is 0 Å². The van der Waals surface area contributed by atoms with Crippen LogP contribution in [0.5, 0.6) is 0 Å². The van der Waals surface area contributed by atoms with Gasteiger partial charge in [0, 0.05) is 0 Å². The van der Waals surface area contributed by atoms with Crippen LogP contribution in [0, 0.1) is 6.07 Å². The van der Waals surface area contributed by atoms with Gasteiger partial charge in [0.05, 0.1) is 0 Å². The van der Waals surface area contributed by atoms with E-state index >= 15 is 0 Å². The monoisotopic (exact) mass is 222 g/mol. The van der Waals surface area contributed by atoms with Gasteiger partial charge in [-0.1, -0.05) is 13.8 Å². The van der Waals surface area contributed by atoms with Crippen LogP contribution in [0.3, 0.4) is 0 Å². The summed E-state index contributed by atoms with van der Waals surface area (Å²) in [5.74, 6) is 0.639. The van der Waals surface area contributed by atoms with Gasteiger partial charge in [0.25, 0.3) is 0 Å². The van der Waals surface area contributed by atoms with E-state index < -0.39 is 0 Å². The van der Waals surface area contributed by atoms with Gasteiger partial charge in [0.1, 0.15) is 0 Å². The summed E-state index contributed by atoms with van der Waals surface area (Å²) in [4.78, 5) is 0. The van der Waals surface area contributed by atoms with Crippen molar-refractivity contribution in [3.8, 4) is 0 Å². The van der Waals surface area contributed by atoms with E-state index in [9.17, 15) is 0 Å². The summed E-state index contributed by atoms with van der Waals surface area (Å²) in [5, 5.41) is 0. The SMILES string of the molecule is CC(C)c1cc[c-]cc1.[Br-].[Mg+2]. The first-order valence-corrected chi connectivity index (χ1v) is 3.26. The zero-order valence-corrected chi connectivity index (χ0v) is 9.97. The first kappa shape index (κ1) is 14.0. The summed E-state index contributed by atoms with van der Waals surface area (Å²) in [6.07, 6.45) is 0. The second-order valence-electron chi connectivity index (χ2n) is 2.49. The molecule has 11 heavy (non-hydrogen) atoms. The standard InChI is InChI=1S/C9H11.BrH.Mg/c1-8(2)9-6-4-3-5-7-9;;/h4-8H,1-2H3;1H;/q-1;;+2/p-1. The Morgan fingerprint density at radius 1 is 1.18 bits per heavy atom. The Morgan fingerprint density at radius 3 is 1.91 bits per heavy atom. The topological polar surface area (TPSA) is 0 Å². The summed E-state index contributed by atoms with van der Waals surface area (Å²) in [6, 6.07) is 11.1. The molecule has 0 nitrogen and oxygen atoms in total. The molecule has 0 saturated carbocycles. The minimum atomic E-state index is 0. The van der Waals surface area contributed by atoms with Gasteiger partial charge in [-0.05, 0) is 5.92 Å². The van der Waals surface area contributed by atoms with Crippen molar-refractivity contribution >= 4 is 23.1 Å². The average molecular weight is 223 g/mol. The van der Waals surface area contributed by atoms with Gasteiger partial charge >= 0.3 is 23.1 Å². The zero-order chi connectivity index (χ0) is 6.69. The van der Waals surface area contributed by atoms with Gasteiger partial charge in [0.2, 0.25) is 0 Å². The van der Waals surface area contributed by atoms with Crippen LogP contribution in [-0.2, 0) is 0 Å². The smallest absolute Gasteiger partial charge is 1.00 e. The minimum Gasteiger partial charge on any atom is -1.00 e. The Kier molecular flexibility index (Phi) is 9.09. The zero-order valence-electron chi connectivity index (χ0n) is 6.97. The molecule has 1 rings (SSSR count). The fourth-order valence-electron chi connectivity index (χ4n) is 0.785. The molecule has 1 aromatic rings. The van der Waals surface area contributed by atoms with E-state index in [1.807, 2.05) is 12.1 Å². The van der Waals surface area contributed by atoms with Crippen molar-refractivity contribution in [1.82, 2.24) is 0 Å². The molecule has 0 unspecified atom stereocenters. The number of benzene rings is 1. The molecule has 0 fully saturated rings. The van der Waals surface area contributed by atoms with Crippen molar-refractivity contribution < 1.29 is 17.0 Å². The summed E-state index contributed by atoms with van der Waals surface area (Å²) in [7, 11) is 0. The van der Waals surface area contributed by atoms with E-state index in [0.717, 1.165) is 0 Å². The minimum absolute atomic E-state index is 0. The van der Waals surface area contributed by atoms with Crippen LogP contribution in [0.4, 0.5) is 0 Å². The molecule has 0 saturated heterocycles. The van der Waals surface area contributed by atoms with Crippen molar-refractivity contribution in [3.63, 3.8) is 0 Å². The van der Waals surface area contributed by atoms with Gasteiger partial charge in [-0.3, -0.25) is 0 Å². The quantitative estimate of drug-likeness (QED) is 0.433. The van der Waals surface area contributed by atoms with Crippen molar-refractivity contribution in [2.24, 2.45) is 0 Å². The Hall–Kier alpha value is 0.466. The first-order valence-electron chi connectivity index (χ1n) is 3.26. The van der Waals surface area contributed by atoms with Gasteiger partial charge in [-0.2, -0.15) is 35.9 Å². The van der Waals surface area contributed by atoms with E-state index in [0.29, 0.717) is 5.92 Å². The molecule has 0 spiro atoms. The van der Waals surface area contributed by atoms with E-state index in [1.165, 1.54) is 5.56 Å². The Labute approximate surface area is 95.3 Å². The summed E-state index contributed by atoms with van der Waals surface area (Å²) in [6.45, 7) is 4.38. The molecule has 0 bridgehead atoms. The van der Waals surface area contributed by atoms with Crippen LogP contribution in [0.2, 0.25) is 0 Å². The van der Waals surface area contributed by atoms with E-state index in [1.54, 1.807) is 0 Å². The second-order valence-corrected chi connectivity index (χ2v) is 2.49. The second kappa shape index (κ2) is 7.13. The van der Waals surface area contributed by atoms with Crippen LogP contribution in [0.25, 0.3) is 0 Å². The fraction of sp³-hybridized carbons (Fsp3) is 0.333. The largest absolute Gasteiger partial charge is 2.00 e. The molecule has 0 aliphatic carbocycles. The molecule has 0 aliphatic heterocycles. The molecule has 0 atom stereocenters. The van der Waals surface area contributed by atoms with Crippen LogP contribution in [-0.4, -0.2) is 23.1 Å². The fourth-order valence-corrected chi connectivity index (χ4v) is 0.785. The molecular formula is C9H11BrMg. The van der Waals surface area contributed by atoms with Gasteiger partial charge in [-0.25, -0.2) is 0 Å². The molecule has 0 amide bonds. The van der Waals surface area contributed by atoms with Gasteiger partial charge < -0.3 is 17.0 Å². The Morgan fingerprint density at radius 2 is 1.64 bits per heavy atom. The Bertz CT molecular complexity index is 172. The maximum atomic E-state index is 2.99. The van der Waals surface area contributed by atoms with Crippen LogP contribution >= 0.6 is 0 Å². The molecule has 1 aromatic carbocycles. The predicted molar refractivity (Wildman–Crippen MR) is 45.1 cm³/mol. The first-order chi connectivity index (χ1) is 4.30. The molecule has 0 aliphatic rings. The molecule has 2 heteroatoms. The normalized spacial score (nSPS) is 8.27. The van der Waals surface area contributed by atoms with Crippen LogP contribution in [0.15, 0.2) is 24.3 Å². The molecule has 0 N–H and O–H groups in total. The molecule has 0 heterocycles. The number of hydrogen-bond acceptors (Lipinski definition) is 0. The molecule has 0 radical (unpaired) electrons. The summed E-state index contributed by atoms with van der Waals surface area (Å²) in [5.41, 5.74) is 1.38. The third kappa shape index (κ3) is 4.83. The third-order valence-electron chi connectivity index (χ3n) is 1.41. The molecular weight excluding hydrogens is 212 g/mol. The maximum Gasteiger partial charge on any atom is 2.00 e. The van der Waals surface area contributed by atoms with Crippen molar-refractivity contribution in [3.05, 3.63) is 35.9 Å². The van der Waals surface area contributed by atoms with Crippen LogP contribution in [0.1, 0.15) is 25.3 Å². The van der Waals surface area contributed by atoms with Gasteiger partial charge in [0.15, 0.2) is 0 Å². The van der Waals surface area contributed by atoms with E-state index in [-0.39, 0.29) is 40.0 Å². The predicted octanol–water partition coefficient (Wildman–Crippen LogP) is -0.767. The third-order valence-corrected chi connectivity index (χ3v) is 1.41. The van der Waals surface area contributed by atoms with E-state index in [2.05, 4.69) is 32.0 Å². The van der Waals surface area contributed by atoms with Gasteiger partial charge in [-0.15, -0.1) is 0 Å². The molecule has 56 valence electrons. The number of hydrogen-bond donors (Lipinski definition) is 0. The summed E-state index contributed by atoms with van der Waals surface area (Å²) < 4.78 is 0. The maximum absolute atomic E-state index is 2.99. The number of halogens is 1. The van der Waals surface area contributed by atoms with Crippen molar-refractivity contribution in [1.29, 1.82) is 0 Å². The average Bonchev–Trinajstić information content (AvgIpc) is 1.90. The van der Waals surface area contributed by atoms with Crippen LogP contribution < -0.4 is 17.0 Å². The van der Waals surface area contributed by atoms with Crippen molar-refractivity contribution in [2.45, 2.75) is 19.8 Å². The number of rotatable bonds is 1. The van der Waals surface area contributed by atoms with Crippen molar-refractivity contribution in [2.75, 3.05) is 0 Å².